The number of hydrogen-bond acceptors (Lipinski definition) is 4. The zero-order chi connectivity index (χ0) is 18.5. The van der Waals surface area contributed by atoms with Crippen LogP contribution >= 0.6 is 0 Å². The van der Waals surface area contributed by atoms with Gasteiger partial charge >= 0.3 is 0 Å². The molecule has 1 unspecified atom stereocenters. The second kappa shape index (κ2) is 8.25. The molecule has 0 radical (unpaired) electrons. The second-order valence-electron chi connectivity index (χ2n) is 6.09. The molecule has 1 aliphatic heterocycles. The SMILES string of the molecule is O=C(NCC(c1cccc(F)c1)N1CCOCC1)c1ccc(O)cc1F. The van der Waals surface area contributed by atoms with Crippen molar-refractivity contribution in [3.8, 4) is 5.75 Å². The van der Waals surface area contributed by atoms with Gasteiger partial charge in [-0.25, -0.2) is 8.78 Å². The summed E-state index contributed by atoms with van der Waals surface area (Å²) >= 11 is 0. The fourth-order valence-corrected chi connectivity index (χ4v) is 3.03. The van der Waals surface area contributed by atoms with E-state index in [1.807, 2.05) is 0 Å². The molecule has 3 rings (SSSR count). The lowest BCUT2D eigenvalue weighted by atomic mass is 10.0. The number of amides is 1. The summed E-state index contributed by atoms with van der Waals surface area (Å²) in [6, 6.07) is 9.35. The summed E-state index contributed by atoms with van der Waals surface area (Å²) in [6.45, 7) is 2.64. The lowest BCUT2D eigenvalue weighted by Gasteiger charge is -2.35. The Labute approximate surface area is 150 Å². The van der Waals surface area contributed by atoms with Crippen LogP contribution in [-0.2, 0) is 4.74 Å². The van der Waals surface area contributed by atoms with Gasteiger partial charge < -0.3 is 15.2 Å². The minimum atomic E-state index is -0.795. The van der Waals surface area contributed by atoms with Crippen molar-refractivity contribution in [1.82, 2.24) is 10.2 Å². The van der Waals surface area contributed by atoms with Crippen LogP contribution in [0.1, 0.15) is 22.0 Å². The average molecular weight is 362 g/mol. The molecule has 138 valence electrons. The Morgan fingerprint density at radius 1 is 1.19 bits per heavy atom. The first-order valence-electron chi connectivity index (χ1n) is 8.38. The number of ether oxygens (including phenoxy) is 1. The standard InChI is InChI=1S/C19H20F2N2O3/c20-14-3-1-2-13(10-14)18(23-6-8-26-9-7-23)12-22-19(25)16-5-4-15(24)11-17(16)21/h1-5,10-11,18,24H,6-9,12H2,(H,22,25). The van der Waals surface area contributed by atoms with E-state index < -0.39 is 11.7 Å². The van der Waals surface area contributed by atoms with Crippen molar-refractivity contribution in [2.45, 2.75) is 6.04 Å². The van der Waals surface area contributed by atoms with Gasteiger partial charge in [0.2, 0.25) is 0 Å². The fraction of sp³-hybridized carbons (Fsp3) is 0.316. The maximum Gasteiger partial charge on any atom is 0.254 e. The summed E-state index contributed by atoms with van der Waals surface area (Å²) in [4.78, 5) is 14.4. The molecule has 1 fully saturated rings. The molecular formula is C19H20F2N2O3. The Morgan fingerprint density at radius 3 is 2.65 bits per heavy atom. The van der Waals surface area contributed by atoms with E-state index in [1.54, 1.807) is 12.1 Å². The van der Waals surface area contributed by atoms with Gasteiger partial charge in [-0.05, 0) is 29.8 Å². The largest absolute Gasteiger partial charge is 0.508 e. The van der Waals surface area contributed by atoms with Gasteiger partial charge in [-0.3, -0.25) is 9.69 Å². The van der Waals surface area contributed by atoms with Crippen LogP contribution in [0.5, 0.6) is 5.75 Å². The number of aromatic hydroxyl groups is 1. The number of benzene rings is 2. The van der Waals surface area contributed by atoms with Crippen LogP contribution in [0.15, 0.2) is 42.5 Å². The van der Waals surface area contributed by atoms with Crippen LogP contribution in [0.4, 0.5) is 8.78 Å². The topological polar surface area (TPSA) is 61.8 Å². The number of nitrogens with zero attached hydrogens (tertiary/aromatic N) is 1. The molecule has 1 aliphatic rings. The van der Waals surface area contributed by atoms with Gasteiger partial charge in [0.05, 0.1) is 24.8 Å². The minimum Gasteiger partial charge on any atom is -0.508 e. The summed E-state index contributed by atoms with van der Waals surface area (Å²) in [6.07, 6.45) is 0. The van der Waals surface area contributed by atoms with Crippen molar-refractivity contribution >= 4 is 5.91 Å². The van der Waals surface area contributed by atoms with Gasteiger partial charge in [0.25, 0.3) is 5.91 Å². The summed E-state index contributed by atoms with van der Waals surface area (Å²) in [5, 5.41) is 12.0. The first-order chi connectivity index (χ1) is 12.5. The lowest BCUT2D eigenvalue weighted by molar-refractivity contribution is 0.0161. The number of phenols is 1. The van der Waals surface area contributed by atoms with Crippen LogP contribution in [0, 0.1) is 11.6 Å². The van der Waals surface area contributed by atoms with Crippen molar-refractivity contribution in [2.24, 2.45) is 0 Å². The Balaban J connectivity index is 1.76. The smallest absolute Gasteiger partial charge is 0.254 e. The number of rotatable bonds is 5. The van der Waals surface area contributed by atoms with Crippen LogP contribution in [-0.4, -0.2) is 48.8 Å². The number of carbonyl (C=O) groups excluding carboxylic acids is 1. The molecule has 1 saturated heterocycles. The maximum atomic E-state index is 13.9. The summed E-state index contributed by atoms with van der Waals surface area (Å²) < 4.78 is 32.9. The predicted octanol–water partition coefficient (Wildman–Crippen LogP) is 2.47. The molecule has 0 aliphatic carbocycles. The highest BCUT2D eigenvalue weighted by Gasteiger charge is 2.24. The van der Waals surface area contributed by atoms with Crippen LogP contribution in [0.3, 0.4) is 0 Å². The summed E-state index contributed by atoms with van der Waals surface area (Å²) in [5.41, 5.74) is 0.584. The van der Waals surface area contributed by atoms with E-state index in [0.717, 1.165) is 11.6 Å². The second-order valence-corrected chi connectivity index (χ2v) is 6.09. The van der Waals surface area contributed by atoms with E-state index in [-0.39, 0.29) is 29.7 Å². The quantitative estimate of drug-likeness (QED) is 0.858. The number of halogens is 2. The Morgan fingerprint density at radius 2 is 1.96 bits per heavy atom. The number of carbonyl (C=O) groups is 1. The molecular weight excluding hydrogens is 342 g/mol. The number of hydrogen-bond donors (Lipinski definition) is 2. The van der Waals surface area contributed by atoms with E-state index in [2.05, 4.69) is 10.2 Å². The number of morpholine rings is 1. The predicted molar refractivity (Wildman–Crippen MR) is 91.9 cm³/mol. The highest BCUT2D eigenvalue weighted by Crippen LogP contribution is 2.22. The highest BCUT2D eigenvalue weighted by molar-refractivity contribution is 5.94. The minimum absolute atomic E-state index is 0.150. The fourth-order valence-electron chi connectivity index (χ4n) is 3.03. The molecule has 1 heterocycles. The van der Waals surface area contributed by atoms with E-state index >= 15 is 0 Å². The molecule has 2 N–H and O–H groups in total. The first-order valence-corrected chi connectivity index (χ1v) is 8.38. The summed E-state index contributed by atoms with van der Waals surface area (Å²) in [5.74, 6) is -1.98. The molecule has 0 bridgehead atoms. The van der Waals surface area contributed by atoms with Crippen LogP contribution in [0.25, 0.3) is 0 Å². The molecule has 2 aromatic carbocycles. The highest BCUT2D eigenvalue weighted by atomic mass is 19.1. The van der Waals surface area contributed by atoms with E-state index in [4.69, 9.17) is 4.74 Å². The van der Waals surface area contributed by atoms with Gasteiger partial charge in [-0.15, -0.1) is 0 Å². The van der Waals surface area contributed by atoms with E-state index in [9.17, 15) is 18.7 Å². The normalized spacial score (nSPS) is 16.2. The van der Waals surface area contributed by atoms with Crippen molar-refractivity contribution < 1.29 is 23.4 Å². The Hall–Kier alpha value is -2.51. The van der Waals surface area contributed by atoms with Gasteiger partial charge in [0, 0.05) is 25.7 Å². The molecule has 0 spiro atoms. The van der Waals surface area contributed by atoms with Crippen molar-refractivity contribution in [3.63, 3.8) is 0 Å². The molecule has 1 amide bonds. The molecule has 2 aromatic rings. The lowest BCUT2D eigenvalue weighted by Crippen LogP contribution is -2.44. The molecule has 5 nitrogen and oxygen atoms in total. The van der Waals surface area contributed by atoms with Gasteiger partial charge in [-0.2, -0.15) is 0 Å². The monoisotopic (exact) mass is 362 g/mol. The van der Waals surface area contributed by atoms with Crippen molar-refractivity contribution in [1.29, 1.82) is 0 Å². The van der Waals surface area contributed by atoms with Gasteiger partial charge in [-0.1, -0.05) is 12.1 Å². The van der Waals surface area contributed by atoms with Gasteiger partial charge in [0.15, 0.2) is 0 Å². The number of nitrogens with one attached hydrogen (secondary N) is 1. The summed E-state index contributed by atoms with van der Waals surface area (Å²) in [7, 11) is 0. The van der Waals surface area contributed by atoms with E-state index in [1.165, 1.54) is 24.3 Å². The third kappa shape index (κ3) is 4.36. The zero-order valence-corrected chi connectivity index (χ0v) is 14.1. The average Bonchev–Trinajstić information content (AvgIpc) is 2.63. The third-order valence-electron chi connectivity index (χ3n) is 4.37. The zero-order valence-electron chi connectivity index (χ0n) is 14.1. The molecule has 1 atom stereocenters. The van der Waals surface area contributed by atoms with Crippen LogP contribution < -0.4 is 5.32 Å². The third-order valence-corrected chi connectivity index (χ3v) is 4.37. The number of phenolic OH excluding ortho intramolecular Hbond substituents is 1. The van der Waals surface area contributed by atoms with Crippen LogP contribution in [0.2, 0.25) is 0 Å². The van der Waals surface area contributed by atoms with Crippen molar-refractivity contribution in [2.75, 3.05) is 32.8 Å². The van der Waals surface area contributed by atoms with E-state index in [0.29, 0.717) is 26.3 Å². The Kier molecular flexibility index (Phi) is 5.80. The van der Waals surface area contributed by atoms with Gasteiger partial charge in [0.1, 0.15) is 17.4 Å². The molecule has 26 heavy (non-hydrogen) atoms. The molecule has 7 heteroatoms. The Bertz CT molecular complexity index is 779. The maximum absolute atomic E-state index is 13.9. The van der Waals surface area contributed by atoms with Crippen molar-refractivity contribution in [3.05, 3.63) is 65.2 Å². The first kappa shape index (κ1) is 18.3. The molecule has 0 aromatic heterocycles. The molecule has 0 saturated carbocycles.